The number of carbonyl (C=O) groups is 1. The number of rotatable bonds is 23. The monoisotopic (exact) mass is 568 g/mol. The van der Waals surface area contributed by atoms with Gasteiger partial charge in [0.2, 0.25) is 0 Å². The molecule has 3 unspecified atom stereocenters. The smallest absolute Gasteiger partial charge is 0.394 e. The molecule has 39 heavy (non-hydrogen) atoms. The molecule has 0 aromatic carbocycles. The molecule has 222 valence electrons. The van der Waals surface area contributed by atoms with Crippen LogP contribution in [0.15, 0.2) is 72.9 Å². The topological polar surface area (TPSA) is 113 Å². The number of unbranched alkanes of at least 4 members (excludes halogenated alkanes) is 7. The number of phosphoric acid groups is 1. The Kier molecular flexibility index (Phi) is 21.8. The summed E-state index contributed by atoms with van der Waals surface area (Å²) in [6.45, 7) is 1.13. The van der Waals surface area contributed by atoms with Crippen LogP contribution in [-0.2, 0) is 18.4 Å². The predicted octanol–water partition coefficient (Wildman–Crippen LogP) is 5.60. The lowest BCUT2D eigenvalue weighted by Crippen LogP contribution is -2.45. The number of phosphoric ester groups is 1. The van der Waals surface area contributed by atoms with E-state index in [0.717, 1.165) is 6.42 Å². The van der Waals surface area contributed by atoms with Crippen molar-refractivity contribution in [2.24, 2.45) is 0 Å². The van der Waals surface area contributed by atoms with Gasteiger partial charge < -0.3 is 19.6 Å². The van der Waals surface area contributed by atoms with E-state index in [1.54, 1.807) is 12.2 Å². The van der Waals surface area contributed by atoms with Crippen molar-refractivity contribution in [1.29, 1.82) is 0 Å². The van der Waals surface area contributed by atoms with Crippen molar-refractivity contribution in [2.75, 3.05) is 40.9 Å². The predicted molar refractivity (Wildman–Crippen MR) is 159 cm³/mol. The third kappa shape index (κ3) is 24.9. The molecule has 0 saturated carbocycles. The molecule has 0 rings (SSSR count). The molecule has 0 aromatic heterocycles. The van der Waals surface area contributed by atoms with Crippen LogP contribution in [0.3, 0.4) is 0 Å². The van der Waals surface area contributed by atoms with Gasteiger partial charge in [0.15, 0.2) is 11.9 Å². The minimum Gasteiger partial charge on any atom is -0.394 e. The van der Waals surface area contributed by atoms with Crippen LogP contribution in [0, 0.1) is 0 Å². The Balaban J connectivity index is 4.50. The number of carbonyl (C=O) groups excluding carboxylic acids is 1. The van der Waals surface area contributed by atoms with E-state index in [2.05, 4.69) is 23.6 Å². The summed E-state index contributed by atoms with van der Waals surface area (Å²) >= 11 is 0. The maximum Gasteiger partial charge on any atom is 0.473 e. The number of likely N-dealkylation sites (N-methyl/N-ethyl adjacent to an activating group) is 1. The zero-order chi connectivity index (χ0) is 29.4. The molecule has 0 saturated heterocycles. The fraction of sp³-hybridized carbons (Fsp3) is 0.567. The van der Waals surface area contributed by atoms with Crippen LogP contribution >= 0.6 is 7.82 Å². The second-order valence-corrected chi connectivity index (χ2v) is 11.7. The maximum absolute atomic E-state index is 12.6. The third-order valence-corrected chi connectivity index (χ3v) is 6.30. The van der Waals surface area contributed by atoms with Crippen molar-refractivity contribution in [3.8, 4) is 0 Å². The highest BCUT2D eigenvalue weighted by Crippen LogP contribution is 2.45. The Labute approximate surface area is 235 Å². The zero-order valence-electron chi connectivity index (χ0n) is 24.2. The van der Waals surface area contributed by atoms with Crippen molar-refractivity contribution in [3.05, 3.63) is 72.9 Å². The van der Waals surface area contributed by atoms with Gasteiger partial charge in [-0.3, -0.25) is 13.8 Å². The van der Waals surface area contributed by atoms with Gasteiger partial charge in [-0.1, -0.05) is 112 Å². The third-order valence-electron chi connectivity index (χ3n) is 5.30. The van der Waals surface area contributed by atoms with Crippen LogP contribution < -0.4 is 0 Å². The van der Waals surface area contributed by atoms with E-state index >= 15 is 0 Å². The summed E-state index contributed by atoms with van der Waals surface area (Å²) in [5.74, 6) is -0.498. The van der Waals surface area contributed by atoms with E-state index in [1.807, 2.05) is 57.6 Å². The summed E-state index contributed by atoms with van der Waals surface area (Å²) in [6, 6.07) is 0. The quantitative estimate of drug-likeness (QED) is 0.0484. The van der Waals surface area contributed by atoms with E-state index in [4.69, 9.17) is 9.63 Å². The van der Waals surface area contributed by atoms with Crippen molar-refractivity contribution >= 4 is 13.6 Å². The van der Waals surface area contributed by atoms with Gasteiger partial charge in [-0.2, -0.15) is 0 Å². The van der Waals surface area contributed by atoms with Gasteiger partial charge in [-0.15, -0.1) is 0 Å². The normalized spacial score (nSPS) is 16.5. The minimum absolute atomic E-state index is 0.121. The molecular formula is C30H51NO7P+. The summed E-state index contributed by atoms with van der Waals surface area (Å²) in [5, 5.41) is 18.1. The number of quaternary nitrogens is 1. The number of hydrogen-bond donors (Lipinski definition) is 3. The first-order valence-corrected chi connectivity index (χ1v) is 15.3. The Morgan fingerprint density at radius 1 is 0.846 bits per heavy atom. The molecular weight excluding hydrogens is 517 g/mol. The fourth-order valence-corrected chi connectivity index (χ4v) is 4.18. The summed E-state index contributed by atoms with van der Waals surface area (Å²) in [5.41, 5.74) is 0. The van der Waals surface area contributed by atoms with Gasteiger partial charge in [0.05, 0.1) is 34.4 Å². The van der Waals surface area contributed by atoms with Crippen LogP contribution in [0.25, 0.3) is 0 Å². The Morgan fingerprint density at radius 3 is 1.90 bits per heavy atom. The summed E-state index contributed by atoms with van der Waals surface area (Å²) in [6.07, 6.45) is 29.8. The molecule has 0 aliphatic carbocycles. The second kappa shape index (κ2) is 22.9. The molecule has 3 atom stereocenters. The van der Waals surface area contributed by atoms with E-state index < -0.39 is 39.0 Å². The van der Waals surface area contributed by atoms with Crippen LogP contribution in [0.4, 0.5) is 0 Å². The zero-order valence-corrected chi connectivity index (χ0v) is 25.1. The Morgan fingerprint density at radius 2 is 1.36 bits per heavy atom. The maximum atomic E-state index is 12.6. The van der Waals surface area contributed by atoms with E-state index in [-0.39, 0.29) is 6.54 Å². The SMILES string of the molecule is CCCCCCCCCC=CC=CC=CC=CC=CC=CC(=O)C(C[N+](C)(C)C)OP(=O)(O)OCC(O)CO. The number of ketones is 1. The first-order chi connectivity index (χ1) is 18.5. The van der Waals surface area contributed by atoms with Crippen LogP contribution in [0.1, 0.15) is 58.3 Å². The summed E-state index contributed by atoms with van der Waals surface area (Å²) < 4.78 is 22.2. The number of aliphatic hydroxyl groups is 2. The highest BCUT2D eigenvalue weighted by molar-refractivity contribution is 7.47. The second-order valence-electron chi connectivity index (χ2n) is 10.3. The van der Waals surface area contributed by atoms with Gasteiger partial charge in [-0.05, 0) is 18.9 Å². The standard InChI is InChI=1S/C30H50NO7P/c1-5-6-7-8-9-10-11-12-13-14-15-16-17-18-19-20-21-22-23-24-29(34)30(25-31(2,3)4)38-39(35,36)37-27-28(33)26-32/h13-24,28,30,32-33H,5-12,25-27H2,1-4H3/p+1. The van der Waals surface area contributed by atoms with E-state index in [1.165, 1.54) is 57.1 Å². The van der Waals surface area contributed by atoms with Gasteiger partial charge in [-0.25, -0.2) is 4.57 Å². The number of hydrogen-bond acceptors (Lipinski definition) is 6. The van der Waals surface area contributed by atoms with Crippen molar-refractivity contribution < 1.29 is 38.0 Å². The van der Waals surface area contributed by atoms with Crippen molar-refractivity contribution in [1.82, 2.24) is 0 Å². The van der Waals surface area contributed by atoms with Gasteiger partial charge >= 0.3 is 7.82 Å². The van der Waals surface area contributed by atoms with Gasteiger partial charge in [0, 0.05) is 0 Å². The fourth-order valence-electron chi connectivity index (χ4n) is 3.26. The van der Waals surface area contributed by atoms with Crippen molar-refractivity contribution in [2.45, 2.75) is 70.5 Å². The van der Waals surface area contributed by atoms with Gasteiger partial charge in [0.1, 0.15) is 12.6 Å². The molecule has 0 spiro atoms. The molecule has 0 amide bonds. The highest BCUT2D eigenvalue weighted by Gasteiger charge is 2.34. The first-order valence-electron chi connectivity index (χ1n) is 13.8. The Hall–Kier alpha value is -1.90. The van der Waals surface area contributed by atoms with Crippen LogP contribution in [0.2, 0.25) is 0 Å². The molecule has 0 aliphatic heterocycles. The lowest BCUT2D eigenvalue weighted by Gasteiger charge is -2.28. The number of aliphatic hydroxyl groups excluding tert-OH is 2. The summed E-state index contributed by atoms with van der Waals surface area (Å²) in [7, 11) is 0.820. The molecule has 0 aromatic rings. The highest BCUT2D eigenvalue weighted by atomic mass is 31.2. The van der Waals surface area contributed by atoms with Crippen molar-refractivity contribution in [3.63, 3.8) is 0 Å². The number of nitrogens with zero attached hydrogens (tertiary/aromatic N) is 1. The van der Waals surface area contributed by atoms with Crippen LogP contribution in [-0.4, -0.2) is 78.5 Å². The molecule has 0 heterocycles. The molecule has 0 bridgehead atoms. The van der Waals surface area contributed by atoms with E-state index in [0.29, 0.717) is 4.48 Å². The largest absolute Gasteiger partial charge is 0.473 e. The molecule has 8 nitrogen and oxygen atoms in total. The molecule has 9 heteroatoms. The number of allylic oxidation sites excluding steroid dienone is 11. The van der Waals surface area contributed by atoms with Crippen LogP contribution in [0.5, 0.6) is 0 Å². The average Bonchev–Trinajstić information content (AvgIpc) is 2.87. The molecule has 0 aliphatic rings. The lowest BCUT2D eigenvalue weighted by molar-refractivity contribution is -0.872. The Bertz CT molecular complexity index is 869. The lowest BCUT2D eigenvalue weighted by atomic mass is 10.1. The average molecular weight is 569 g/mol. The molecule has 3 N–H and O–H groups in total. The molecule has 0 fully saturated rings. The molecule has 0 radical (unpaired) electrons. The van der Waals surface area contributed by atoms with E-state index in [9.17, 15) is 19.4 Å². The first kappa shape index (κ1) is 37.1. The minimum atomic E-state index is -4.62. The summed E-state index contributed by atoms with van der Waals surface area (Å²) in [4.78, 5) is 22.5. The van der Waals surface area contributed by atoms with Gasteiger partial charge in [0.25, 0.3) is 0 Å².